The molecule has 0 heterocycles. The third kappa shape index (κ3) is 4.32. The van der Waals surface area contributed by atoms with Crippen LogP contribution in [0.5, 0.6) is 0 Å². The van der Waals surface area contributed by atoms with Gasteiger partial charge in [0, 0.05) is 4.83 Å². The van der Waals surface area contributed by atoms with Gasteiger partial charge in [-0.05, 0) is 51.5 Å². The van der Waals surface area contributed by atoms with E-state index in [4.69, 9.17) is 11.6 Å². The van der Waals surface area contributed by atoms with Crippen molar-refractivity contribution < 1.29 is 10.2 Å². The van der Waals surface area contributed by atoms with E-state index >= 15 is 0 Å². The van der Waals surface area contributed by atoms with Gasteiger partial charge in [-0.15, -0.1) is 11.6 Å². The normalized spacial score (nSPS) is 36.8. The third-order valence-corrected chi connectivity index (χ3v) is 6.19. The predicted octanol–water partition coefficient (Wildman–Crippen LogP) is 3.94. The van der Waals surface area contributed by atoms with Crippen LogP contribution in [-0.2, 0) is 0 Å². The maximum absolute atomic E-state index is 10.7. The molecule has 0 aromatic heterocycles. The quantitative estimate of drug-likeness (QED) is 0.582. The van der Waals surface area contributed by atoms with Crippen molar-refractivity contribution in [2.75, 3.05) is 0 Å². The second-order valence-electron chi connectivity index (χ2n) is 5.99. The lowest BCUT2D eigenvalue weighted by molar-refractivity contribution is 0.0307. The van der Waals surface area contributed by atoms with E-state index in [0.717, 1.165) is 17.6 Å². The molecule has 2 nitrogen and oxygen atoms in total. The number of hydrogen-bond donors (Lipinski definition) is 2. The first-order chi connectivity index (χ1) is 8.58. The van der Waals surface area contributed by atoms with E-state index in [-0.39, 0.29) is 9.70 Å². The molecular weight excluding hydrogens is 328 g/mol. The lowest BCUT2D eigenvalue weighted by atomic mass is 9.74. The first-order valence-electron chi connectivity index (χ1n) is 6.65. The number of rotatable bonds is 5. The highest BCUT2D eigenvalue weighted by Crippen LogP contribution is 2.46. The van der Waals surface area contributed by atoms with Crippen LogP contribution in [0.3, 0.4) is 0 Å². The Morgan fingerprint density at radius 2 is 2.05 bits per heavy atom. The SMILES string of the molecule is C=C(C)[C@H](O)CCC(=C)[C@]1(O)CC[C@@](C)(Cl)[C@H](Br)C1. The Bertz CT molecular complexity index is 367. The fraction of sp³-hybridized carbons (Fsp3) is 0.733. The minimum Gasteiger partial charge on any atom is -0.389 e. The van der Waals surface area contributed by atoms with Gasteiger partial charge >= 0.3 is 0 Å². The van der Waals surface area contributed by atoms with Crippen LogP contribution in [0.25, 0.3) is 0 Å². The molecular formula is C15H24BrClO2. The van der Waals surface area contributed by atoms with Crippen molar-refractivity contribution in [3.8, 4) is 0 Å². The molecule has 4 atom stereocenters. The summed E-state index contributed by atoms with van der Waals surface area (Å²) in [6.07, 6.45) is 2.56. The van der Waals surface area contributed by atoms with Crippen LogP contribution < -0.4 is 0 Å². The molecule has 0 radical (unpaired) electrons. The average molecular weight is 352 g/mol. The summed E-state index contributed by atoms with van der Waals surface area (Å²) in [6, 6.07) is 0. The molecule has 4 heteroatoms. The van der Waals surface area contributed by atoms with Gasteiger partial charge in [-0.1, -0.05) is 34.7 Å². The highest BCUT2D eigenvalue weighted by molar-refractivity contribution is 9.09. The van der Waals surface area contributed by atoms with Gasteiger partial charge in [0.15, 0.2) is 0 Å². The van der Waals surface area contributed by atoms with Gasteiger partial charge in [0.25, 0.3) is 0 Å². The molecule has 0 aromatic rings. The molecule has 0 amide bonds. The minimum absolute atomic E-state index is 0.0585. The summed E-state index contributed by atoms with van der Waals surface area (Å²) in [7, 11) is 0. The standard InChI is InChI=1S/C15H24BrClO2/c1-10(2)12(18)6-5-11(3)15(19)8-7-14(4,17)13(16)9-15/h12-13,18-19H,1,3,5-9H2,2,4H3/t12-,13-,14-,15+/m1/s1. The fourth-order valence-electron chi connectivity index (χ4n) is 2.33. The van der Waals surface area contributed by atoms with Gasteiger partial charge in [0.2, 0.25) is 0 Å². The molecule has 1 fully saturated rings. The fourth-order valence-corrected chi connectivity index (χ4v) is 3.27. The minimum atomic E-state index is -0.878. The van der Waals surface area contributed by atoms with E-state index in [0.29, 0.717) is 25.7 Å². The molecule has 2 N–H and O–H groups in total. The van der Waals surface area contributed by atoms with Crippen molar-refractivity contribution >= 4 is 27.5 Å². The van der Waals surface area contributed by atoms with Crippen LogP contribution in [0.1, 0.15) is 46.0 Å². The lowest BCUT2D eigenvalue weighted by Crippen LogP contribution is -2.46. The van der Waals surface area contributed by atoms with Crippen molar-refractivity contribution in [3.63, 3.8) is 0 Å². The monoisotopic (exact) mass is 350 g/mol. The Morgan fingerprint density at radius 1 is 1.47 bits per heavy atom. The Kier molecular flexibility index (Phi) is 5.71. The first kappa shape index (κ1) is 17.2. The molecule has 19 heavy (non-hydrogen) atoms. The third-order valence-electron chi connectivity index (χ3n) is 4.14. The van der Waals surface area contributed by atoms with Crippen molar-refractivity contribution in [1.29, 1.82) is 0 Å². The van der Waals surface area contributed by atoms with Gasteiger partial charge in [-0.2, -0.15) is 0 Å². The van der Waals surface area contributed by atoms with Gasteiger partial charge in [-0.3, -0.25) is 0 Å². The number of aliphatic hydroxyl groups is 2. The Morgan fingerprint density at radius 3 is 2.53 bits per heavy atom. The van der Waals surface area contributed by atoms with E-state index in [1.807, 2.05) is 6.92 Å². The highest BCUT2D eigenvalue weighted by atomic mass is 79.9. The molecule has 0 saturated heterocycles. The van der Waals surface area contributed by atoms with Crippen LogP contribution in [-0.4, -0.2) is 31.6 Å². The van der Waals surface area contributed by atoms with Crippen LogP contribution >= 0.6 is 27.5 Å². The van der Waals surface area contributed by atoms with Gasteiger partial charge < -0.3 is 10.2 Å². The van der Waals surface area contributed by atoms with E-state index in [1.165, 1.54) is 0 Å². The zero-order valence-electron chi connectivity index (χ0n) is 11.8. The summed E-state index contributed by atoms with van der Waals surface area (Å²) >= 11 is 9.94. The Balaban J connectivity index is 2.59. The molecule has 0 aliphatic heterocycles. The maximum atomic E-state index is 10.7. The smallest absolute Gasteiger partial charge is 0.0866 e. The maximum Gasteiger partial charge on any atom is 0.0866 e. The zero-order valence-corrected chi connectivity index (χ0v) is 14.1. The van der Waals surface area contributed by atoms with Crippen molar-refractivity contribution in [3.05, 3.63) is 24.3 Å². The molecule has 0 aromatic carbocycles. The molecule has 1 rings (SSSR count). The number of halogens is 2. The molecule has 1 saturated carbocycles. The van der Waals surface area contributed by atoms with Crippen molar-refractivity contribution in [2.24, 2.45) is 0 Å². The molecule has 0 spiro atoms. The van der Waals surface area contributed by atoms with Gasteiger partial charge in [0.1, 0.15) is 0 Å². The Hall–Kier alpha value is 0.170. The molecule has 1 aliphatic carbocycles. The zero-order chi connectivity index (χ0) is 14.8. The summed E-state index contributed by atoms with van der Waals surface area (Å²) in [5.41, 5.74) is 0.650. The van der Waals surface area contributed by atoms with Crippen LogP contribution in [0, 0.1) is 0 Å². The number of alkyl halides is 2. The van der Waals surface area contributed by atoms with E-state index in [1.54, 1.807) is 6.92 Å². The van der Waals surface area contributed by atoms with E-state index in [9.17, 15) is 10.2 Å². The van der Waals surface area contributed by atoms with E-state index < -0.39 is 11.7 Å². The summed E-state index contributed by atoms with van der Waals surface area (Å²) in [4.78, 5) is -0.257. The Labute approximate surface area is 129 Å². The molecule has 1 aliphatic rings. The summed E-state index contributed by atoms with van der Waals surface area (Å²) in [5, 5.41) is 20.4. The number of hydrogen-bond acceptors (Lipinski definition) is 2. The van der Waals surface area contributed by atoms with Gasteiger partial charge in [-0.25, -0.2) is 0 Å². The van der Waals surface area contributed by atoms with Crippen LogP contribution in [0.4, 0.5) is 0 Å². The first-order valence-corrected chi connectivity index (χ1v) is 7.95. The highest BCUT2D eigenvalue weighted by Gasteiger charge is 2.45. The second-order valence-corrected chi connectivity index (χ2v) is 7.95. The summed E-state index contributed by atoms with van der Waals surface area (Å²) in [5.74, 6) is 0. The summed E-state index contributed by atoms with van der Waals surface area (Å²) in [6.45, 7) is 11.5. The van der Waals surface area contributed by atoms with E-state index in [2.05, 4.69) is 29.1 Å². The number of aliphatic hydroxyl groups excluding tert-OH is 1. The van der Waals surface area contributed by atoms with Crippen LogP contribution in [0.15, 0.2) is 24.3 Å². The molecule has 110 valence electrons. The molecule has 0 unspecified atom stereocenters. The van der Waals surface area contributed by atoms with Crippen molar-refractivity contribution in [1.82, 2.24) is 0 Å². The topological polar surface area (TPSA) is 40.5 Å². The predicted molar refractivity (Wildman–Crippen MR) is 85.0 cm³/mol. The van der Waals surface area contributed by atoms with Crippen LogP contribution in [0.2, 0.25) is 0 Å². The van der Waals surface area contributed by atoms with Crippen molar-refractivity contribution in [2.45, 2.75) is 67.4 Å². The average Bonchev–Trinajstić information content (AvgIpc) is 2.31. The summed E-state index contributed by atoms with van der Waals surface area (Å²) < 4.78 is 0. The lowest BCUT2D eigenvalue weighted by Gasteiger charge is -2.43. The second kappa shape index (κ2) is 6.30. The van der Waals surface area contributed by atoms with Gasteiger partial charge in [0.05, 0.1) is 16.6 Å². The molecule has 0 bridgehead atoms. The largest absolute Gasteiger partial charge is 0.389 e.